The van der Waals surface area contributed by atoms with E-state index in [9.17, 15) is 0 Å². The van der Waals surface area contributed by atoms with Gasteiger partial charge in [-0.2, -0.15) is 0 Å². The average Bonchev–Trinajstić information content (AvgIpc) is 0.811. The predicted octanol–water partition coefficient (Wildman–Crippen LogP) is -0.729. The molecule has 0 amide bonds. The molecule has 0 aliphatic heterocycles. The summed E-state index contributed by atoms with van der Waals surface area (Å²) in [5.74, 6) is 0. The summed E-state index contributed by atoms with van der Waals surface area (Å²) in [7, 11) is 0. The number of hydrogen-bond donors (Lipinski definition) is 1. The molecule has 25 valence electrons. The van der Waals surface area contributed by atoms with Gasteiger partial charge in [0.05, 0.1) is 0 Å². The first-order valence-corrected chi connectivity index (χ1v) is 0.565. The Labute approximate surface area is 70.7 Å². The van der Waals surface area contributed by atoms with Crippen LogP contribution in [0.5, 0.6) is 0 Å². The van der Waals surface area contributed by atoms with Crippen LogP contribution in [0.3, 0.4) is 0 Å². The minimum atomic E-state index is -1.50. The van der Waals surface area contributed by atoms with Gasteiger partial charge in [0.2, 0.25) is 0 Å². The standard InChI is InChI=1S/K.HNO3/c;2-1(3)4/h;(H,2,3,4)/i;1+1,2+2,3+2,4+2. The number of hydrogen-bond acceptors (Lipinski definition) is 2. The SMILES string of the molecule is [18O]=[15N+]([18O-])[18OH].[K]. The van der Waals surface area contributed by atoms with Gasteiger partial charge in [-0.15, -0.1) is 10.1 Å². The van der Waals surface area contributed by atoms with Crippen molar-refractivity contribution in [2.45, 2.75) is 0 Å². The van der Waals surface area contributed by atoms with E-state index in [4.69, 9.17) is 15.3 Å². The quantitative estimate of drug-likeness (QED) is 0.147. The molecule has 0 atom stereocenters. The van der Waals surface area contributed by atoms with Crippen LogP contribution in [0.25, 0.3) is 0 Å². The molecule has 0 aliphatic carbocycles. The van der Waals surface area contributed by atoms with Gasteiger partial charge in [-0.25, -0.2) is 0 Å². The molecule has 1 radical (unpaired) electrons. The minimum absolute atomic E-state index is 0. The summed E-state index contributed by atoms with van der Waals surface area (Å²) in [6, 6.07) is 0. The van der Waals surface area contributed by atoms with Crippen LogP contribution < -0.4 is 0 Å². The Morgan fingerprint density at radius 2 is 1.80 bits per heavy atom. The van der Waals surface area contributed by atoms with Crippen molar-refractivity contribution in [2.24, 2.45) is 0 Å². The van der Waals surface area contributed by atoms with Crippen molar-refractivity contribution >= 4 is 51.4 Å². The smallest absolute Gasteiger partial charge is 0.291 e. The number of nitrogens with zero attached hydrogens (tertiary/aromatic N) is 1. The molecule has 0 rings (SSSR count). The second-order valence-electron chi connectivity index (χ2n) is 0.238. The molecule has 0 spiro atoms. The molecule has 0 aromatic carbocycles. The van der Waals surface area contributed by atoms with Crippen molar-refractivity contribution in [1.29, 1.82) is 0 Å². The van der Waals surface area contributed by atoms with E-state index in [0.717, 1.165) is 0 Å². The molecule has 0 bridgehead atoms. The molecule has 1 N–H and O–H groups in total. The van der Waals surface area contributed by atoms with E-state index in [1.54, 1.807) is 0 Å². The fourth-order valence-corrected chi connectivity index (χ4v) is 0. The van der Waals surface area contributed by atoms with E-state index in [2.05, 4.69) is 0 Å². The normalized spacial score (nSPS) is 4.80. The summed E-state index contributed by atoms with van der Waals surface area (Å²) < 4.78 is 0. The molecular weight excluding hydrogens is 108 g/mol. The summed E-state index contributed by atoms with van der Waals surface area (Å²) >= 11 is 0. The van der Waals surface area contributed by atoms with Crippen LogP contribution in [0.2, 0.25) is 0 Å². The molecule has 0 saturated carbocycles. The Kier molecular flexibility index (Phi) is 8.97. The predicted molar refractivity (Wildman–Crippen MR) is 14.5 cm³/mol. The maximum atomic E-state index is 8.36. The molecule has 0 fully saturated rings. The van der Waals surface area contributed by atoms with Crippen molar-refractivity contribution in [2.75, 3.05) is 0 Å². The second-order valence-corrected chi connectivity index (χ2v) is 0.238. The van der Waals surface area contributed by atoms with E-state index < -0.39 is 5.09 Å². The molecule has 5 heteroatoms. The van der Waals surface area contributed by atoms with Gasteiger partial charge in [0.25, 0.3) is 5.09 Å². The molecule has 4 nitrogen and oxygen atoms in total. The van der Waals surface area contributed by atoms with E-state index in [-0.39, 0.29) is 51.4 Å². The van der Waals surface area contributed by atoms with Crippen LogP contribution in [0.1, 0.15) is 0 Å². The Morgan fingerprint density at radius 1 is 1.80 bits per heavy atom. The molecular formula is HKNO3. The van der Waals surface area contributed by atoms with Crippen LogP contribution in [0.15, 0.2) is 0 Å². The van der Waals surface area contributed by atoms with E-state index >= 15 is 0 Å². The fourth-order valence-electron chi connectivity index (χ4n) is 0. The zero-order valence-corrected chi connectivity index (χ0v) is 5.83. The van der Waals surface area contributed by atoms with E-state index in [1.807, 2.05) is 0 Å². The monoisotopic (exact) mass is 109 g/mol. The molecule has 0 heterocycles. The van der Waals surface area contributed by atoms with Crippen molar-refractivity contribution in [3.63, 3.8) is 0 Å². The second kappa shape index (κ2) is 4.84. The van der Waals surface area contributed by atoms with Gasteiger partial charge in [0, 0.05) is 51.4 Å². The summed E-state index contributed by atoms with van der Waals surface area (Å²) in [6.07, 6.45) is 0. The minimum Gasteiger partial charge on any atom is -0.328 e. The van der Waals surface area contributed by atoms with Crippen molar-refractivity contribution in [3.05, 3.63) is 10.1 Å². The average molecular weight is 109 g/mol. The summed E-state index contributed by atoms with van der Waals surface area (Å²) in [5, 5.41) is 13.6. The maximum Gasteiger partial charge on any atom is 0.291 e. The Hall–Kier alpha value is 0.836. The molecule has 0 unspecified atom stereocenters. The molecule has 5 heavy (non-hydrogen) atoms. The Bertz CT molecular complexity index is 29.9. The van der Waals surface area contributed by atoms with Gasteiger partial charge in [0.1, 0.15) is 0 Å². The Morgan fingerprint density at radius 3 is 1.80 bits per heavy atom. The summed E-state index contributed by atoms with van der Waals surface area (Å²) in [4.78, 5) is 8.36. The summed E-state index contributed by atoms with van der Waals surface area (Å²) in [6.45, 7) is 0. The van der Waals surface area contributed by atoms with Crippen LogP contribution in [-0.4, -0.2) is 61.7 Å². The summed E-state index contributed by atoms with van der Waals surface area (Å²) in [5.41, 5.74) is 0. The van der Waals surface area contributed by atoms with Gasteiger partial charge in [-0.05, 0) is 0 Å². The van der Waals surface area contributed by atoms with Crippen LogP contribution in [0.4, 0.5) is 0 Å². The van der Waals surface area contributed by atoms with Gasteiger partial charge in [-0.3, -0.25) is 0 Å². The van der Waals surface area contributed by atoms with E-state index in [1.165, 1.54) is 0 Å². The van der Waals surface area contributed by atoms with Gasteiger partial charge < -0.3 is 5.21 Å². The third-order valence-electron chi connectivity index (χ3n) is 0. The maximum absolute atomic E-state index is 8.36. The molecule has 0 aromatic rings. The van der Waals surface area contributed by atoms with Crippen molar-refractivity contribution in [3.8, 4) is 0 Å². The van der Waals surface area contributed by atoms with Crippen LogP contribution in [0, 0.1) is 10.1 Å². The topological polar surface area (TPSA) is 63.4 Å². The van der Waals surface area contributed by atoms with Gasteiger partial charge in [0.15, 0.2) is 0 Å². The molecule has 0 aromatic heterocycles. The molecule has 0 saturated heterocycles. The van der Waals surface area contributed by atoms with Crippen molar-refractivity contribution < 1.29 is 10.3 Å². The first kappa shape index (κ1) is 9.28. The van der Waals surface area contributed by atoms with Gasteiger partial charge >= 0.3 is 0 Å². The Balaban J connectivity index is 0. The third-order valence-corrected chi connectivity index (χ3v) is 0. The van der Waals surface area contributed by atoms with Crippen LogP contribution >= 0.6 is 0 Å². The first-order chi connectivity index (χ1) is 1.73. The third kappa shape index (κ3) is 55.6. The van der Waals surface area contributed by atoms with Crippen LogP contribution in [-0.2, 0) is 0 Å². The van der Waals surface area contributed by atoms with Crippen molar-refractivity contribution in [1.82, 2.24) is 0 Å². The zero-order chi connectivity index (χ0) is 3.58. The molecule has 0 aliphatic rings. The fraction of sp³-hybridized carbons (Fsp3) is 0. The zero-order valence-electron chi connectivity index (χ0n) is 2.71. The van der Waals surface area contributed by atoms with Gasteiger partial charge in [-0.1, -0.05) is 0 Å². The number of rotatable bonds is 0. The van der Waals surface area contributed by atoms with E-state index in [0.29, 0.717) is 0 Å². The first-order valence-electron chi connectivity index (χ1n) is 0.565. The largest absolute Gasteiger partial charge is 0.328 e.